The first-order valence-electron chi connectivity index (χ1n) is 4.82. The summed E-state index contributed by atoms with van der Waals surface area (Å²) in [6.45, 7) is 0.752. The Hall–Kier alpha value is -1.49. The normalized spacial score (nSPS) is 10.7. The van der Waals surface area contributed by atoms with Crippen molar-refractivity contribution in [2.24, 2.45) is 0 Å². The predicted octanol–water partition coefficient (Wildman–Crippen LogP) is 3.08. The molecule has 0 saturated heterocycles. The van der Waals surface area contributed by atoms with Crippen LogP contribution in [0.3, 0.4) is 0 Å². The van der Waals surface area contributed by atoms with Gasteiger partial charge in [0.2, 0.25) is 0 Å². The van der Waals surface area contributed by atoms with E-state index in [1.54, 1.807) is 11.8 Å². The molecule has 0 aliphatic heterocycles. The van der Waals surface area contributed by atoms with E-state index in [2.05, 4.69) is 18.4 Å². The predicted molar refractivity (Wildman–Crippen MR) is 63.4 cm³/mol. The second-order valence-electron chi connectivity index (χ2n) is 2.96. The zero-order chi connectivity index (χ0) is 14.0. The molecule has 0 saturated carbocycles. The van der Waals surface area contributed by atoms with Gasteiger partial charge >= 0.3 is 7.25 Å². The second-order valence-corrected chi connectivity index (χ2v) is 3.84. The molecule has 0 N–H and O–H groups in total. The summed E-state index contributed by atoms with van der Waals surface area (Å²) in [4.78, 5) is 1.25. The van der Waals surface area contributed by atoms with E-state index >= 15 is 0 Å². The van der Waals surface area contributed by atoms with Gasteiger partial charge in [0.05, 0.1) is 6.07 Å². The molecule has 1 aromatic rings. The van der Waals surface area contributed by atoms with Crippen molar-refractivity contribution in [3.8, 4) is 6.07 Å². The zero-order valence-corrected chi connectivity index (χ0v) is 10.4. The molecule has 1 aromatic heterocycles. The fraction of sp³-hybridized carbons (Fsp3) is 0.200. The van der Waals surface area contributed by atoms with Gasteiger partial charge in [-0.2, -0.15) is 5.26 Å². The smallest absolute Gasteiger partial charge is 0.418 e. The molecular weight excluding hydrogens is 267 g/mol. The molecule has 0 aliphatic rings. The summed E-state index contributed by atoms with van der Waals surface area (Å²) >= 11 is 1.72. The zero-order valence-electron chi connectivity index (χ0n) is 9.56. The highest BCUT2D eigenvalue weighted by atomic mass is 32.2. The Morgan fingerprint density at radius 2 is 1.83 bits per heavy atom. The average molecular weight is 278 g/mol. The SMILES string of the molecule is CSc1cc[n+](CC=CC#N)cc1.F[B-](F)(F)F. The quantitative estimate of drug-likeness (QED) is 0.279. The number of hydrogen-bond acceptors (Lipinski definition) is 2. The molecule has 8 heteroatoms. The Morgan fingerprint density at radius 3 is 2.22 bits per heavy atom. The molecule has 0 amide bonds. The van der Waals surface area contributed by atoms with Crippen LogP contribution in [0.5, 0.6) is 0 Å². The number of rotatable bonds is 3. The third kappa shape index (κ3) is 11.0. The van der Waals surface area contributed by atoms with Crippen LogP contribution in [-0.2, 0) is 6.54 Å². The molecule has 98 valence electrons. The molecule has 0 radical (unpaired) electrons. The van der Waals surface area contributed by atoms with Crippen molar-refractivity contribution in [1.82, 2.24) is 0 Å². The van der Waals surface area contributed by atoms with Gasteiger partial charge < -0.3 is 17.3 Å². The topological polar surface area (TPSA) is 27.7 Å². The van der Waals surface area contributed by atoms with E-state index in [4.69, 9.17) is 5.26 Å². The number of halogens is 4. The first-order chi connectivity index (χ1) is 8.36. The van der Waals surface area contributed by atoms with E-state index < -0.39 is 7.25 Å². The van der Waals surface area contributed by atoms with Crippen molar-refractivity contribution in [1.29, 1.82) is 5.26 Å². The van der Waals surface area contributed by atoms with Gasteiger partial charge in [0.1, 0.15) is 0 Å². The van der Waals surface area contributed by atoms with Crippen molar-refractivity contribution < 1.29 is 21.8 Å². The average Bonchev–Trinajstić information content (AvgIpc) is 2.28. The number of nitrogens with zero attached hydrogens (tertiary/aromatic N) is 2. The summed E-state index contributed by atoms with van der Waals surface area (Å²) in [7, 11) is -6.00. The summed E-state index contributed by atoms with van der Waals surface area (Å²) in [6.07, 6.45) is 9.39. The maximum atomic E-state index is 9.75. The molecule has 18 heavy (non-hydrogen) atoms. The van der Waals surface area contributed by atoms with Crippen molar-refractivity contribution in [3.05, 3.63) is 36.7 Å². The van der Waals surface area contributed by atoms with E-state index in [9.17, 15) is 17.3 Å². The Bertz CT molecular complexity index is 405. The molecule has 0 bridgehead atoms. The summed E-state index contributed by atoms with van der Waals surface area (Å²) in [5.41, 5.74) is 0. The fourth-order valence-corrected chi connectivity index (χ4v) is 1.32. The van der Waals surface area contributed by atoms with Gasteiger partial charge in [-0.05, 0) is 12.3 Å². The van der Waals surface area contributed by atoms with Crippen molar-refractivity contribution in [2.75, 3.05) is 6.26 Å². The minimum Gasteiger partial charge on any atom is -0.418 e. The molecule has 0 unspecified atom stereocenters. The highest BCUT2D eigenvalue weighted by Crippen LogP contribution is 2.10. The first-order valence-corrected chi connectivity index (χ1v) is 6.04. The highest BCUT2D eigenvalue weighted by molar-refractivity contribution is 7.98. The minimum absolute atomic E-state index is 0.752. The molecular formula is C10H11BF4N2S. The standard InChI is InChI=1S/C10H11N2S.BF4/c1-13-10-4-8-12(9-5-10)7-3-2-6-11;2-1(3,4)5/h2-5,8-9H,7H2,1H3;/q+1;-1. The third-order valence-electron chi connectivity index (χ3n) is 1.60. The Balaban J connectivity index is 0.000000494. The summed E-state index contributed by atoms with van der Waals surface area (Å²) in [6, 6.07) is 6.08. The van der Waals surface area contributed by atoms with Crippen molar-refractivity contribution in [2.45, 2.75) is 11.4 Å². The van der Waals surface area contributed by atoms with E-state index in [1.165, 1.54) is 11.0 Å². The van der Waals surface area contributed by atoms with Crippen LogP contribution in [0.4, 0.5) is 17.3 Å². The summed E-state index contributed by atoms with van der Waals surface area (Å²) < 4.78 is 41.0. The molecule has 0 aliphatic carbocycles. The monoisotopic (exact) mass is 278 g/mol. The number of allylic oxidation sites excluding steroid dienone is 2. The number of aromatic nitrogens is 1. The van der Waals surface area contributed by atoms with Crippen LogP contribution >= 0.6 is 11.8 Å². The first kappa shape index (κ1) is 16.5. The minimum atomic E-state index is -6.00. The van der Waals surface area contributed by atoms with Crippen LogP contribution in [0.15, 0.2) is 41.6 Å². The van der Waals surface area contributed by atoms with Crippen LogP contribution in [0, 0.1) is 11.3 Å². The number of pyridine rings is 1. The van der Waals surface area contributed by atoms with Crippen LogP contribution in [0.1, 0.15) is 0 Å². The lowest BCUT2D eigenvalue weighted by Gasteiger charge is -1.94. The third-order valence-corrected chi connectivity index (χ3v) is 2.35. The van der Waals surface area contributed by atoms with Crippen molar-refractivity contribution >= 4 is 19.0 Å². The van der Waals surface area contributed by atoms with E-state index in [0.29, 0.717) is 0 Å². The van der Waals surface area contributed by atoms with Gasteiger partial charge in [-0.25, -0.2) is 4.57 Å². The van der Waals surface area contributed by atoms with Crippen LogP contribution in [-0.4, -0.2) is 13.5 Å². The fourth-order valence-electron chi connectivity index (χ4n) is 0.929. The number of thioether (sulfide) groups is 1. The van der Waals surface area contributed by atoms with Gasteiger partial charge in [-0.3, -0.25) is 0 Å². The lowest BCUT2D eigenvalue weighted by atomic mass is 10.3. The van der Waals surface area contributed by atoms with Crippen LogP contribution < -0.4 is 4.57 Å². The molecule has 0 atom stereocenters. The molecule has 2 nitrogen and oxygen atoms in total. The Morgan fingerprint density at radius 1 is 1.33 bits per heavy atom. The Kier molecular flexibility index (Phi) is 7.87. The summed E-state index contributed by atoms with van der Waals surface area (Å²) in [5, 5.41) is 8.28. The highest BCUT2D eigenvalue weighted by Gasteiger charge is 2.20. The van der Waals surface area contributed by atoms with Crippen molar-refractivity contribution in [3.63, 3.8) is 0 Å². The molecule has 0 fully saturated rings. The molecule has 1 heterocycles. The van der Waals surface area contributed by atoms with Gasteiger partial charge in [0.15, 0.2) is 18.9 Å². The van der Waals surface area contributed by atoms with Gasteiger partial charge in [0.25, 0.3) is 0 Å². The Labute approximate surface area is 107 Å². The second kappa shape index (κ2) is 8.58. The van der Waals surface area contributed by atoms with E-state index in [-0.39, 0.29) is 0 Å². The molecule has 0 spiro atoms. The van der Waals surface area contributed by atoms with Gasteiger partial charge in [-0.1, -0.05) is 0 Å². The summed E-state index contributed by atoms with van der Waals surface area (Å²) in [5.74, 6) is 0. The van der Waals surface area contributed by atoms with Crippen LogP contribution in [0.25, 0.3) is 0 Å². The maximum absolute atomic E-state index is 9.75. The largest absolute Gasteiger partial charge is 0.673 e. The lowest BCUT2D eigenvalue weighted by Crippen LogP contribution is -2.31. The maximum Gasteiger partial charge on any atom is 0.673 e. The number of nitriles is 1. The lowest BCUT2D eigenvalue weighted by molar-refractivity contribution is -0.687. The molecule has 0 aromatic carbocycles. The molecule has 1 rings (SSSR count). The number of hydrogen-bond donors (Lipinski definition) is 0. The van der Waals surface area contributed by atoms with Gasteiger partial charge in [-0.15, -0.1) is 11.8 Å². The van der Waals surface area contributed by atoms with E-state index in [0.717, 1.165) is 6.54 Å². The van der Waals surface area contributed by atoms with Gasteiger partial charge in [0, 0.05) is 23.1 Å². The van der Waals surface area contributed by atoms with E-state index in [1.807, 2.05) is 29.1 Å². The van der Waals surface area contributed by atoms with Crippen LogP contribution in [0.2, 0.25) is 0 Å².